The van der Waals surface area contributed by atoms with Gasteiger partial charge in [-0.1, -0.05) is 30.3 Å². The van der Waals surface area contributed by atoms with Crippen molar-refractivity contribution in [3.05, 3.63) is 41.2 Å². The molecule has 152 valence electrons. The lowest BCUT2D eigenvalue weighted by molar-refractivity contribution is 0.311. The van der Waals surface area contributed by atoms with Gasteiger partial charge in [-0.05, 0) is 36.4 Å². The molecule has 0 radical (unpaired) electrons. The number of rotatable bonds is 7. The molecule has 0 unspecified atom stereocenters. The summed E-state index contributed by atoms with van der Waals surface area (Å²) >= 11 is 6.25. The first-order chi connectivity index (χ1) is 14.2. The molecule has 2 aromatic heterocycles. The van der Waals surface area contributed by atoms with Gasteiger partial charge in [0.1, 0.15) is 11.0 Å². The van der Waals surface area contributed by atoms with Crippen LogP contribution in [0.15, 0.2) is 30.3 Å². The zero-order valence-corrected chi connectivity index (χ0v) is 16.9. The summed E-state index contributed by atoms with van der Waals surface area (Å²) in [4.78, 5) is 20.4. The Balaban J connectivity index is 1.76. The fourth-order valence-electron chi connectivity index (χ4n) is 3.45. The average molecular weight is 414 g/mol. The van der Waals surface area contributed by atoms with E-state index in [-0.39, 0.29) is 11.9 Å². The van der Waals surface area contributed by atoms with Crippen LogP contribution in [0.5, 0.6) is 0 Å². The number of fused-ring (bicyclic) bond motifs is 1. The number of halogens is 1. The zero-order chi connectivity index (χ0) is 20.1. The molecule has 1 aliphatic rings. The third kappa shape index (κ3) is 4.65. The minimum Gasteiger partial charge on any atom is -0.395 e. The molecule has 0 spiro atoms. The number of aliphatic hydroxyl groups is 1. The number of aromatic nitrogens is 4. The van der Waals surface area contributed by atoms with E-state index in [0.717, 1.165) is 37.3 Å². The SMILES string of the molecule is OCCNc1nc(N2CCCCC2)c2nc(Cl)nc(NCc3ccccc3)c2n1. The maximum atomic E-state index is 9.18. The van der Waals surface area contributed by atoms with E-state index in [1.807, 2.05) is 30.3 Å². The first-order valence-electron chi connectivity index (χ1n) is 9.87. The first kappa shape index (κ1) is 19.6. The van der Waals surface area contributed by atoms with Gasteiger partial charge in [0, 0.05) is 26.2 Å². The number of anilines is 3. The summed E-state index contributed by atoms with van der Waals surface area (Å²) in [5.74, 6) is 1.76. The van der Waals surface area contributed by atoms with Crippen LogP contribution in [-0.2, 0) is 6.54 Å². The Labute approximate surface area is 174 Å². The standard InChI is InChI=1S/C20H24ClN7O/c21-19-24-16-15(17(26-19)23-13-14-7-3-1-4-8-14)25-20(22-9-12-29)27-18(16)28-10-5-2-6-11-28/h1,3-4,7-8,29H,2,5-6,9-13H2,(H,22,25,27)(H,23,24,26). The number of nitrogens with zero attached hydrogens (tertiary/aromatic N) is 5. The molecule has 4 rings (SSSR count). The molecule has 0 saturated carbocycles. The summed E-state index contributed by atoms with van der Waals surface area (Å²) in [7, 11) is 0. The Hall–Kier alpha value is -2.71. The van der Waals surface area contributed by atoms with Crippen molar-refractivity contribution in [2.45, 2.75) is 25.8 Å². The van der Waals surface area contributed by atoms with Crippen molar-refractivity contribution >= 4 is 40.2 Å². The van der Waals surface area contributed by atoms with E-state index in [2.05, 4.69) is 35.5 Å². The van der Waals surface area contributed by atoms with Crippen LogP contribution < -0.4 is 15.5 Å². The lowest BCUT2D eigenvalue weighted by Crippen LogP contribution is -2.31. The summed E-state index contributed by atoms with van der Waals surface area (Å²) in [6.45, 7) is 2.79. The van der Waals surface area contributed by atoms with E-state index in [1.54, 1.807) is 0 Å². The molecule has 3 aromatic rings. The summed E-state index contributed by atoms with van der Waals surface area (Å²) < 4.78 is 0. The molecule has 1 fully saturated rings. The average Bonchev–Trinajstić information content (AvgIpc) is 2.77. The van der Waals surface area contributed by atoms with E-state index in [0.29, 0.717) is 35.9 Å². The topological polar surface area (TPSA) is 99.1 Å². The Morgan fingerprint density at radius 1 is 0.931 bits per heavy atom. The Morgan fingerprint density at radius 3 is 2.48 bits per heavy atom. The van der Waals surface area contributed by atoms with Gasteiger partial charge >= 0.3 is 0 Å². The van der Waals surface area contributed by atoms with E-state index < -0.39 is 0 Å². The van der Waals surface area contributed by atoms with Gasteiger partial charge in [0.25, 0.3) is 0 Å². The number of benzene rings is 1. The second-order valence-corrected chi connectivity index (χ2v) is 7.28. The molecule has 8 nitrogen and oxygen atoms in total. The van der Waals surface area contributed by atoms with Crippen LogP contribution in [0.3, 0.4) is 0 Å². The van der Waals surface area contributed by atoms with Gasteiger partial charge in [-0.2, -0.15) is 9.97 Å². The van der Waals surface area contributed by atoms with Crippen molar-refractivity contribution in [1.29, 1.82) is 0 Å². The van der Waals surface area contributed by atoms with E-state index in [1.165, 1.54) is 6.42 Å². The molecule has 3 heterocycles. The van der Waals surface area contributed by atoms with Crippen LogP contribution in [0.25, 0.3) is 11.0 Å². The lowest BCUT2D eigenvalue weighted by Gasteiger charge is -2.28. The molecule has 0 amide bonds. The molecule has 0 atom stereocenters. The summed E-state index contributed by atoms with van der Waals surface area (Å²) in [6.07, 6.45) is 3.44. The van der Waals surface area contributed by atoms with Gasteiger partial charge in [0.15, 0.2) is 11.6 Å². The molecular formula is C20H24ClN7O. The second kappa shape index (κ2) is 9.19. The molecule has 0 bridgehead atoms. The van der Waals surface area contributed by atoms with Crippen molar-refractivity contribution in [3.63, 3.8) is 0 Å². The molecular weight excluding hydrogens is 390 g/mol. The van der Waals surface area contributed by atoms with Gasteiger partial charge < -0.3 is 20.6 Å². The molecule has 1 aliphatic heterocycles. The number of nitrogens with one attached hydrogen (secondary N) is 2. The molecule has 29 heavy (non-hydrogen) atoms. The van der Waals surface area contributed by atoms with Gasteiger partial charge in [0.05, 0.1) is 6.61 Å². The van der Waals surface area contributed by atoms with Gasteiger partial charge in [0.2, 0.25) is 11.2 Å². The maximum absolute atomic E-state index is 9.18. The fraction of sp³-hybridized carbons (Fsp3) is 0.400. The highest BCUT2D eigenvalue weighted by Gasteiger charge is 2.21. The van der Waals surface area contributed by atoms with E-state index >= 15 is 0 Å². The fourth-order valence-corrected chi connectivity index (χ4v) is 3.62. The summed E-state index contributed by atoms with van der Waals surface area (Å²) in [6, 6.07) is 10.1. The molecule has 9 heteroatoms. The van der Waals surface area contributed by atoms with Crippen molar-refractivity contribution in [2.24, 2.45) is 0 Å². The highest BCUT2D eigenvalue weighted by molar-refractivity contribution is 6.29. The predicted molar refractivity (Wildman–Crippen MR) is 116 cm³/mol. The molecule has 1 aromatic carbocycles. The third-order valence-electron chi connectivity index (χ3n) is 4.85. The lowest BCUT2D eigenvalue weighted by atomic mass is 10.1. The number of piperidine rings is 1. The van der Waals surface area contributed by atoms with Crippen molar-refractivity contribution in [3.8, 4) is 0 Å². The quantitative estimate of drug-likeness (QED) is 0.508. The second-order valence-electron chi connectivity index (χ2n) is 6.95. The van der Waals surface area contributed by atoms with Crippen LogP contribution in [0.1, 0.15) is 24.8 Å². The van der Waals surface area contributed by atoms with Gasteiger partial charge in [-0.15, -0.1) is 0 Å². The first-order valence-corrected chi connectivity index (χ1v) is 10.2. The maximum Gasteiger partial charge on any atom is 0.225 e. The van der Waals surface area contributed by atoms with E-state index in [4.69, 9.17) is 11.6 Å². The van der Waals surface area contributed by atoms with Crippen LogP contribution >= 0.6 is 11.6 Å². The van der Waals surface area contributed by atoms with Crippen molar-refractivity contribution in [1.82, 2.24) is 19.9 Å². The van der Waals surface area contributed by atoms with Crippen LogP contribution in [-0.4, -0.2) is 51.3 Å². The molecule has 0 aliphatic carbocycles. The highest BCUT2D eigenvalue weighted by Crippen LogP contribution is 2.30. The minimum absolute atomic E-state index is 0.00330. The van der Waals surface area contributed by atoms with Gasteiger partial charge in [-0.3, -0.25) is 0 Å². The minimum atomic E-state index is -0.00330. The Morgan fingerprint density at radius 2 is 1.72 bits per heavy atom. The van der Waals surface area contributed by atoms with E-state index in [9.17, 15) is 5.11 Å². The molecule has 3 N–H and O–H groups in total. The highest BCUT2D eigenvalue weighted by atomic mass is 35.5. The normalized spacial score (nSPS) is 14.2. The summed E-state index contributed by atoms with van der Waals surface area (Å²) in [5, 5.41) is 15.7. The van der Waals surface area contributed by atoms with Crippen molar-refractivity contribution < 1.29 is 5.11 Å². The van der Waals surface area contributed by atoms with Crippen LogP contribution in [0, 0.1) is 0 Å². The number of hydrogen-bond acceptors (Lipinski definition) is 8. The summed E-state index contributed by atoms with van der Waals surface area (Å²) in [5.41, 5.74) is 2.37. The molecule has 1 saturated heterocycles. The monoisotopic (exact) mass is 413 g/mol. The van der Waals surface area contributed by atoms with Crippen LogP contribution in [0.4, 0.5) is 17.6 Å². The Kier molecular flexibility index (Phi) is 6.21. The largest absolute Gasteiger partial charge is 0.395 e. The zero-order valence-electron chi connectivity index (χ0n) is 16.1. The van der Waals surface area contributed by atoms with Crippen LogP contribution in [0.2, 0.25) is 5.28 Å². The Bertz CT molecular complexity index is 964. The van der Waals surface area contributed by atoms with Gasteiger partial charge in [-0.25, -0.2) is 9.97 Å². The third-order valence-corrected chi connectivity index (χ3v) is 5.02. The smallest absolute Gasteiger partial charge is 0.225 e. The van der Waals surface area contributed by atoms with Crippen molar-refractivity contribution in [2.75, 3.05) is 41.8 Å². The number of hydrogen-bond donors (Lipinski definition) is 3. The number of aliphatic hydroxyl groups excluding tert-OH is 1. The predicted octanol–water partition coefficient (Wildman–Crippen LogP) is 3.08.